The second-order valence-corrected chi connectivity index (χ2v) is 4.01. The van der Waals surface area contributed by atoms with Crippen molar-refractivity contribution in [3.05, 3.63) is 28.2 Å². The third kappa shape index (κ3) is 4.64. The van der Waals surface area contributed by atoms with E-state index in [1.54, 1.807) is 6.07 Å². The van der Waals surface area contributed by atoms with Crippen LogP contribution in [0.5, 0.6) is 5.75 Å². The van der Waals surface area contributed by atoms with Gasteiger partial charge in [0.1, 0.15) is 5.75 Å². The van der Waals surface area contributed by atoms with E-state index in [1.165, 1.54) is 0 Å². The van der Waals surface area contributed by atoms with E-state index in [1.807, 2.05) is 19.1 Å². The molecule has 0 bridgehead atoms. The molecule has 1 aromatic rings. The van der Waals surface area contributed by atoms with Gasteiger partial charge in [0.15, 0.2) is 0 Å². The van der Waals surface area contributed by atoms with Crippen LogP contribution in [0.25, 0.3) is 0 Å². The van der Waals surface area contributed by atoms with Crippen LogP contribution >= 0.6 is 15.9 Å². The van der Waals surface area contributed by atoms with Crippen molar-refractivity contribution in [3.8, 4) is 5.75 Å². The van der Waals surface area contributed by atoms with E-state index >= 15 is 0 Å². The van der Waals surface area contributed by atoms with Crippen LogP contribution in [0, 0.1) is 0 Å². The second kappa shape index (κ2) is 6.82. The summed E-state index contributed by atoms with van der Waals surface area (Å²) in [4.78, 5) is 0. The molecule has 0 amide bonds. The van der Waals surface area contributed by atoms with E-state index in [2.05, 4.69) is 21.2 Å². The van der Waals surface area contributed by atoms with Crippen molar-refractivity contribution in [2.24, 2.45) is 0 Å². The quantitative estimate of drug-likeness (QED) is 0.782. The highest BCUT2D eigenvalue weighted by atomic mass is 79.9. The number of ether oxygens (including phenoxy) is 1. The molecule has 0 atom stereocenters. The molecule has 0 aliphatic heterocycles. The molecule has 0 saturated heterocycles. The van der Waals surface area contributed by atoms with Gasteiger partial charge in [-0.25, -0.2) is 0 Å². The molecule has 0 aromatic heterocycles. The molecule has 0 heterocycles. The van der Waals surface area contributed by atoms with E-state index < -0.39 is 0 Å². The van der Waals surface area contributed by atoms with Crippen LogP contribution in [0.4, 0.5) is 0 Å². The molecular weight excluding hydrogens is 258 g/mol. The Morgan fingerprint density at radius 1 is 1.47 bits per heavy atom. The SMILES string of the molecule is CCOCCNCc1ccc(O)c(Br)c1. The summed E-state index contributed by atoms with van der Waals surface area (Å²) >= 11 is 3.28. The maximum Gasteiger partial charge on any atom is 0.129 e. The fraction of sp³-hybridized carbons (Fsp3) is 0.455. The molecule has 4 heteroatoms. The summed E-state index contributed by atoms with van der Waals surface area (Å²) in [6, 6.07) is 5.49. The fourth-order valence-electron chi connectivity index (χ4n) is 1.18. The van der Waals surface area contributed by atoms with Crippen LogP contribution in [-0.2, 0) is 11.3 Å². The third-order valence-corrected chi connectivity index (χ3v) is 2.60. The minimum absolute atomic E-state index is 0.271. The zero-order valence-corrected chi connectivity index (χ0v) is 10.4. The molecule has 1 aromatic carbocycles. The summed E-state index contributed by atoms with van der Waals surface area (Å²) in [7, 11) is 0. The van der Waals surface area contributed by atoms with Crippen LogP contribution in [0.1, 0.15) is 12.5 Å². The molecule has 15 heavy (non-hydrogen) atoms. The van der Waals surface area contributed by atoms with Crippen LogP contribution in [0.2, 0.25) is 0 Å². The number of halogens is 1. The Labute approximate surface area is 98.6 Å². The van der Waals surface area contributed by atoms with Gasteiger partial charge >= 0.3 is 0 Å². The molecule has 0 saturated carbocycles. The maximum atomic E-state index is 9.30. The lowest BCUT2D eigenvalue weighted by Crippen LogP contribution is -2.19. The van der Waals surface area contributed by atoms with Crippen molar-refractivity contribution in [1.82, 2.24) is 5.32 Å². The number of rotatable bonds is 6. The number of aromatic hydroxyl groups is 1. The zero-order valence-electron chi connectivity index (χ0n) is 8.79. The fourth-order valence-corrected chi connectivity index (χ4v) is 1.61. The number of benzene rings is 1. The summed E-state index contributed by atoms with van der Waals surface area (Å²) in [5.74, 6) is 0.271. The highest BCUT2D eigenvalue weighted by molar-refractivity contribution is 9.10. The molecule has 0 unspecified atom stereocenters. The Kier molecular flexibility index (Phi) is 5.68. The lowest BCUT2D eigenvalue weighted by atomic mass is 10.2. The molecule has 0 spiro atoms. The first-order valence-corrected chi connectivity index (χ1v) is 5.79. The van der Waals surface area contributed by atoms with Gasteiger partial charge in [0.2, 0.25) is 0 Å². The summed E-state index contributed by atoms with van der Waals surface area (Å²) in [5, 5.41) is 12.6. The number of hydrogen-bond donors (Lipinski definition) is 2. The average molecular weight is 274 g/mol. The summed E-state index contributed by atoms with van der Waals surface area (Å²) < 4.78 is 5.93. The van der Waals surface area contributed by atoms with Crippen molar-refractivity contribution in [2.75, 3.05) is 19.8 Å². The topological polar surface area (TPSA) is 41.5 Å². The van der Waals surface area contributed by atoms with Gasteiger partial charge in [0, 0.05) is 19.7 Å². The molecular formula is C11H16BrNO2. The molecule has 0 aliphatic carbocycles. The Hall–Kier alpha value is -0.580. The van der Waals surface area contributed by atoms with Crippen molar-refractivity contribution in [3.63, 3.8) is 0 Å². The highest BCUT2D eigenvalue weighted by Gasteiger charge is 1.98. The number of phenols is 1. The standard InChI is InChI=1S/C11H16BrNO2/c1-2-15-6-5-13-8-9-3-4-11(14)10(12)7-9/h3-4,7,13-14H,2,5-6,8H2,1H3. The van der Waals surface area contributed by atoms with E-state index in [0.29, 0.717) is 0 Å². The van der Waals surface area contributed by atoms with Crippen molar-refractivity contribution in [2.45, 2.75) is 13.5 Å². The minimum Gasteiger partial charge on any atom is -0.507 e. The van der Waals surface area contributed by atoms with Crippen molar-refractivity contribution < 1.29 is 9.84 Å². The van der Waals surface area contributed by atoms with Crippen LogP contribution in [0.15, 0.2) is 22.7 Å². The molecule has 0 fully saturated rings. The van der Waals surface area contributed by atoms with Crippen molar-refractivity contribution in [1.29, 1.82) is 0 Å². The number of hydrogen-bond acceptors (Lipinski definition) is 3. The van der Waals surface area contributed by atoms with Gasteiger partial charge in [-0.2, -0.15) is 0 Å². The zero-order chi connectivity index (χ0) is 11.1. The Morgan fingerprint density at radius 2 is 2.27 bits per heavy atom. The molecule has 3 nitrogen and oxygen atoms in total. The van der Waals surface area contributed by atoms with Gasteiger partial charge in [-0.15, -0.1) is 0 Å². The molecule has 84 valence electrons. The average Bonchev–Trinajstić information content (AvgIpc) is 2.23. The summed E-state index contributed by atoms with van der Waals surface area (Å²) in [6.45, 7) is 5.09. The van der Waals surface area contributed by atoms with Crippen molar-refractivity contribution >= 4 is 15.9 Å². The van der Waals surface area contributed by atoms with Gasteiger partial charge < -0.3 is 15.2 Å². The van der Waals surface area contributed by atoms with Gasteiger partial charge in [0.05, 0.1) is 11.1 Å². The van der Waals surface area contributed by atoms with Gasteiger partial charge in [0.25, 0.3) is 0 Å². The Balaban J connectivity index is 2.28. The maximum absolute atomic E-state index is 9.30. The largest absolute Gasteiger partial charge is 0.507 e. The van der Waals surface area contributed by atoms with Gasteiger partial charge in [-0.3, -0.25) is 0 Å². The van der Waals surface area contributed by atoms with Crippen LogP contribution < -0.4 is 5.32 Å². The first kappa shape index (κ1) is 12.5. The predicted octanol–water partition coefficient (Wildman–Crippen LogP) is 2.28. The van der Waals surface area contributed by atoms with Crippen LogP contribution in [-0.4, -0.2) is 24.9 Å². The first-order valence-electron chi connectivity index (χ1n) is 5.00. The normalized spacial score (nSPS) is 10.5. The Morgan fingerprint density at radius 3 is 2.93 bits per heavy atom. The third-order valence-electron chi connectivity index (χ3n) is 1.97. The van der Waals surface area contributed by atoms with E-state index in [4.69, 9.17) is 4.74 Å². The number of nitrogens with one attached hydrogen (secondary N) is 1. The van der Waals surface area contributed by atoms with E-state index in [-0.39, 0.29) is 5.75 Å². The van der Waals surface area contributed by atoms with Gasteiger partial charge in [-0.05, 0) is 40.5 Å². The monoisotopic (exact) mass is 273 g/mol. The lowest BCUT2D eigenvalue weighted by molar-refractivity contribution is 0.149. The first-order chi connectivity index (χ1) is 7.24. The number of phenolic OH excluding ortho intramolecular Hbond substituents is 1. The smallest absolute Gasteiger partial charge is 0.129 e. The van der Waals surface area contributed by atoms with E-state index in [0.717, 1.165) is 36.3 Å². The molecule has 0 radical (unpaired) electrons. The molecule has 2 N–H and O–H groups in total. The van der Waals surface area contributed by atoms with Crippen LogP contribution in [0.3, 0.4) is 0 Å². The molecule has 1 rings (SSSR count). The minimum atomic E-state index is 0.271. The molecule has 0 aliphatic rings. The highest BCUT2D eigenvalue weighted by Crippen LogP contribution is 2.23. The Bertz CT molecular complexity index is 305. The summed E-state index contributed by atoms with van der Waals surface area (Å²) in [6.07, 6.45) is 0. The summed E-state index contributed by atoms with van der Waals surface area (Å²) in [5.41, 5.74) is 1.14. The van der Waals surface area contributed by atoms with Gasteiger partial charge in [-0.1, -0.05) is 6.07 Å². The second-order valence-electron chi connectivity index (χ2n) is 3.16. The lowest BCUT2D eigenvalue weighted by Gasteiger charge is -2.06. The predicted molar refractivity (Wildman–Crippen MR) is 64.0 cm³/mol. The van der Waals surface area contributed by atoms with E-state index in [9.17, 15) is 5.11 Å².